The van der Waals surface area contributed by atoms with Crippen LogP contribution in [0.15, 0.2) is 6.20 Å². The van der Waals surface area contributed by atoms with Gasteiger partial charge in [-0.3, -0.25) is 4.68 Å². The predicted molar refractivity (Wildman–Crippen MR) is 32.5 cm³/mol. The Hall–Kier alpha value is -0.860. The number of nitrogens with zero attached hydrogens (tertiary/aromatic N) is 2. The second kappa shape index (κ2) is 2.17. The number of hydrogen-bond donors (Lipinski definition) is 0. The Kier molecular flexibility index (Phi) is 1.51. The summed E-state index contributed by atoms with van der Waals surface area (Å²) in [6, 6.07) is 0. The summed E-state index contributed by atoms with van der Waals surface area (Å²) < 4.78 is 14.1. The van der Waals surface area contributed by atoms with Gasteiger partial charge in [0.05, 0.1) is 11.9 Å². The Morgan fingerprint density at radius 1 is 1.78 bits per heavy atom. The summed E-state index contributed by atoms with van der Waals surface area (Å²) in [5.74, 6) is -0.208. The van der Waals surface area contributed by atoms with Crippen LogP contribution in [0.25, 0.3) is 0 Å². The molecule has 0 radical (unpaired) electrons. The van der Waals surface area contributed by atoms with Gasteiger partial charge < -0.3 is 0 Å². The lowest BCUT2D eigenvalue weighted by Crippen LogP contribution is -1.96. The Morgan fingerprint density at radius 2 is 2.44 bits per heavy atom. The van der Waals surface area contributed by atoms with Gasteiger partial charge in [0.2, 0.25) is 0 Å². The van der Waals surface area contributed by atoms with Crippen LogP contribution in [0, 0.1) is 5.82 Å². The summed E-state index contributed by atoms with van der Waals surface area (Å²) in [5.41, 5.74) is 0.662. The van der Waals surface area contributed by atoms with E-state index in [1.54, 1.807) is 11.7 Å². The molecule has 0 aliphatic rings. The molecule has 0 amide bonds. The third kappa shape index (κ3) is 0.943. The van der Waals surface area contributed by atoms with E-state index in [2.05, 4.69) is 5.10 Å². The zero-order chi connectivity index (χ0) is 6.85. The van der Waals surface area contributed by atoms with Gasteiger partial charge in [-0.05, 0) is 6.42 Å². The molecule has 0 spiro atoms. The van der Waals surface area contributed by atoms with Gasteiger partial charge in [-0.2, -0.15) is 5.10 Å². The number of aryl methyl sites for hydroxylation is 1. The molecule has 3 heteroatoms. The second-order valence-corrected chi connectivity index (χ2v) is 1.92. The zero-order valence-electron chi connectivity index (χ0n) is 5.56. The standard InChI is InChI=1S/C6H9FN2/c1-3-6-5(7)4-8-9(6)2/h4H,3H2,1-2H3. The minimum Gasteiger partial charge on any atom is -0.270 e. The lowest BCUT2D eigenvalue weighted by Gasteiger charge is -1.94. The summed E-state index contributed by atoms with van der Waals surface area (Å²) in [4.78, 5) is 0. The zero-order valence-corrected chi connectivity index (χ0v) is 5.56. The summed E-state index contributed by atoms with van der Waals surface area (Å²) in [6.45, 7) is 1.90. The molecule has 0 unspecified atom stereocenters. The molecule has 0 saturated carbocycles. The lowest BCUT2D eigenvalue weighted by molar-refractivity contribution is 0.600. The van der Waals surface area contributed by atoms with Crippen molar-refractivity contribution >= 4 is 0 Å². The van der Waals surface area contributed by atoms with E-state index in [0.717, 1.165) is 0 Å². The van der Waals surface area contributed by atoms with Gasteiger partial charge in [-0.1, -0.05) is 6.92 Å². The lowest BCUT2D eigenvalue weighted by atomic mass is 10.3. The average Bonchev–Trinajstić information content (AvgIpc) is 2.12. The van der Waals surface area contributed by atoms with E-state index >= 15 is 0 Å². The van der Waals surface area contributed by atoms with E-state index in [0.29, 0.717) is 12.1 Å². The monoisotopic (exact) mass is 128 g/mol. The molecule has 0 atom stereocenters. The van der Waals surface area contributed by atoms with Gasteiger partial charge in [0.15, 0.2) is 5.82 Å². The molecule has 0 aromatic carbocycles. The Morgan fingerprint density at radius 3 is 2.67 bits per heavy atom. The molecule has 0 fully saturated rings. The quantitative estimate of drug-likeness (QED) is 0.554. The van der Waals surface area contributed by atoms with Crippen LogP contribution in [0.2, 0.25) is 0 Å². The van der Waals surface area contributed by atoms with Crippen LogP contribution in [0.4, 0.5) is 4.39 Å². The normalized spacial score (nSPS) is 10.1. The minimum atomic E-state index is -0.208. The van der Waals surface area contributed by atoms with Gasteiger partial charge in [-0.25, -0.2) is 4.39 Å². The van der Waals surface area contributed by atoms with Crippen LogP contribution < -0.4 is 0 Å². The molecule has 9 heavy (non-hydrogen) atoms. The Balaban J connectivity index is 3.07. The number of aromatic nitrogens is 2. The highest BCUT2D eigenvalue weighted by molar-refractivity contribution is 5.02. The van der Waals surface area contributed by atoms with Gasteiger partial charge >= 0.3 is 0 Å². The molecule has 0 aliphatic carbocycles. The van der Waals surface area contributed by atoms with E-state index in [9.17, 15) is 4.39 Å². The Labute approximate surface area is 53.3 Å². The minimum absolute atomic E-state index is 0.208. The Bertz CT molecular complexity index is 185. The molecule has 0 saturated heterocycles. The van der Waals surface area contributed by atoms with Crippen molar-refractivity contribution in [1.29, 1.82) is 0 Å². The molecule has 2 nitrogen and oxygen atoms in total. The maximum Gasteiger partial charge on any atom is 0.164 e. The summed E-state index contributed by atoms with van der Waals surface area (Å²) >= 11 is 0. The highest BCUT2D eigenvalue weighted by atomic mass is 19.1. The first-order valence-corrected chi connectivity index (χ1v) is 2.92. The fourth-order valence-electron chi connectivity index (χ4n) is 0.834. The van der Waals surface area contributed by atoms with E-state index in [1.165, 1.54) is 6.20 Å². The summed E-state index contributed by atoms with van der Waals surface area (Å²) in [5, 5.41) is 3.73. The first kappa shape index (κ1) is 6.26. The van der Waals surface area contributed by atoms with Crippen LogP contribution in [0.3, 0.4) is 0 Å². The highest BCUT2D eigenvalue weighted by Crippen LogP contribution is 2.03. The summed E-state index contributed by atoms with van der Waals surface area (Å²) in [7, 11) is 1.74. The maximum absolute atomic E-state index is 12.5. The van der Waals surface area contributed by atoms with Crippen LogP contribution in [-0.4, -0.2) is 9.78 Å². The van der Waals surface area contributed by atoms with E-state index in [-0.39, 0.29) is 5.82 Å². The van der Waals surface area contributed by atoms with Crippen molar-refractivity contribution in [3.05, 3.63) is 17.7 Å². The number of rotatable bonds is 1. The third-order valence-corrected chi connectivity index (χ3v) is 1.35. The SMILES string of the molecule is CCc1c(F)cnn1C. The van der Waals surface area contributed by atoms with Crippen molar-refractivity contribution < 1.29 is 4.39 Å². The number of halogens is 1. The van der Waals surface area contributed by atoms with E-state index < -0.39 is 0 Å². The number of hydrogen-bond acceptors (Lipinski definition) is 1. The van der Waals surface area contributed by atoms with E-state index in [4.69, 9.17) is 0 Å². The van der Waals surface area contributed by atoms with Crippen molar-refractivity contribution in [3.63, 3.8) is 0 Å². The molecule has 1 aromatic rings. The van der Waals surface area contributed by atoms with Crippen LogP contribution in [0.5, 0.6) is 0 Å². The first-order chi connectivity index (χ1) is 4.25. The molecule has 0 bridgehead atoms. The van der Waals surface area contributed by atoms with E-state index in [1.807, 2.05) is 6.92 Å². The molecular formula is C6H9FN2. The van der Waals surface area contributed by atoms with Crippen molar-refractivity contribution in [2.75, 3.05) is 0 Å². The van der Waals surface area contributed by atoms with Crippen LogP contribution in [-0.2, 0) is 13.5 Å². The highest BCUT2D eigenvalue weighted by Gasteiger charge is 2.02. The molecule has 0 aliphatic heterocycles. The van der Waals surface area contributed by atoms with Gasteiger partial charge in [0, 0.05) is 7.05 Å². The smallest absolute Gasteiger partial charge is 0.164 e. The van der Waals surface area contributed by atoms with Crippen LogP contribution >= 0.6 is 0 Å². The van der Waals surface area contributed by atoms with Crippen molar-refractivity contribution in [3.8, 4) is 0 Å². The molecule has 1 heterocycles. The van der Waals surface area contributed by atoms with Crippen molar-refractivity contribution in [2.24, 2.45) is 7.05 Å². The largest absolute Gasteiger partial charge is 0.270 e. The fourth-order valence-corrected chi connectivity index (χ4v) is 0.834. The maximum atomic E-state index is 12.5. The molecule has 1 aromatic heterocycles. The third-order valence-electron chi connectivity index (χ3n) is 1.35. The van der Waals surface area contributed by atoms with Gasteiger partial charge in [0.25, 0.3) is 0 Å². The van der Waals surface area contributed by atoms with Gasteiger partial charge in [-0.15, -0.1) is 0 Å². The molecular weight excluding hydrogens is 119 g/mol. The van der Waals surface area contributed by atoms with Crippen LogP contribution in [0.1, 0.15) is 12.6 Å². The summed E-state index contributed by atoms with van der Waals surface area (Å²) in [6.07, 6.45) is 1.93. The van der Waals surface area contributed by atoms with Crippen molar-refractivity contribution in [1.82, 2.24) is 9.78 Å². The average molecular weight is 128 g/mol. The van der Waals surface area contributed by atoms with Gasteiger partial charge in [0.1, 0.15) is 0 Å². The topological polar surface area (TPSA) is 17.8 Å². The molecule has 1 rings (SSSR count). The molecule has 50 valence electrons. The van der Waals surface area contributed by atoms with Crippen molar-refractivity contribution in [2.45, 2.75) is 13.3 Å². The second-order valence-electron chi connectivity index (χ2n) is 1.92. The molecule has 0 N–H and O–H groups in total. The first-order valence-electron chi connectivity index (χ1n) is 2.92. The predicted octanol–water partition coefficient (Wildman–Crippen LogP) is 1.12. The fraction of sp³-hybridized carbons (Fsp3) is 0.500.